The fraction of sp³-hybridized carbons (Fsp3) is 0.190. The second-order valence-corrected chi connectivity index (χ2v) is 6.13. The highest BCUT2D eigenvalue weighted by atomic mass is 19.4. The molecule has 0 fully saturated rings. The van der Waals surface area contributed by atoms with Gasteiger partial charge in [0.05, 0.1) is 23.9 Å². The van der Waals surface area contributed by atoms with Gasteiger partial charge < -0.3 is 15.0 Å². The van der Waals surface area contributed by atoms with Crippen molar-refractivity contribution in [3.8, 4) is 28.3 Å². The molecule has 1 heterocycles. The van der Waals surface area contributed by atoms with E-state index in [9.17, 15) is 18.0 Å². The van der Waals surface area contributed by atoms with Crippen molar-refractivity contribution in [2.75, 3.05) is 13.7 Å². The van der Waals surface area contributed by atoms with Crippen molar-refractivity contribution >= 4 is 5.91 Å². The van der Waals surface area contributed by atoms with E-state index in [1.165, 1.54) is 12.1 Å². The predicted molar refractivity (Wildman–Crippen MR) is 101 cm³/mol. The molecule has 2 N–H and O–H groups in total. The molecule has 0 aliphatic carbocycles. The third kappa shape index (κ3) is 4.03. The summed E-state index contributed by atoms with van der Waals surface area (Å²) < 4.78 is 43.5. The number of methoxy groups -OCH3 is 1. The highest BCUT2D eigenvalue weighted by Crippen LogP contribution is 2.33. The van der Waals surface area contributed by atoms with Crippen LogP contribution in [0.15, 0.2) is 54.6 Å². The molecule has 146 valence electrons. The summed E-state index contributed by atoms with van der Waals surface area (Å²) in [6.07, 6.45) is -4.39. The number of alkyl halides is 3. The number of aromatic amines is 1. The molecule has 3 aromatic rings. The molecule has 0 unspecified atom stereocenters. The molecule has 0 bridgehead atoms. The minimum Gasteiger partial charge on any atom is -0.497 e. The Morgan fingerprint density at radius 2 is 1.64 bits per heavy atom. The molecule has 4 nitrogen and oxygen atoms in total. The van der Waals surface area contributed by atoms with E-state index in [4.69, 9.17) is 4.74 Å². The van der Waals surface area contributed by atoms with E-state index in [0.717, 1.165) is 17.7 Å². The van der Waals surface area contributed by atoms with Gasteiger partial charge in [-0.3, -0.25) is 4.79 Å². The van der Waals surface area contributed by atoms with Crippen LogP contribution in [-0.4, -0.2) is 24.5 Å². The standard InChI is InChI=1S/C21H19F3N2O2/c1-3-25-20(27)17-12-18(13-4-8-15(9-5-13)21(22,23)24)26-19(17)14-6-10-16(28-2)11-7-14/h4-12,26H,3H2,1-2H3,(H,25,27). The smallest absolute Gasteiger partial charge is 0.416 e. The number of benzene rings is 2. The van der Waals surface area contributed by atoms with Crippen molar-refractivity contribution in [1.82, 2.24) is 10.3 Å². The molecule has 0 aliphatic heterocycles. The maximum atomic E-state index is 12.8. The van der Waals surface area contributed by atoms with Gasteiger partial charge in [0.1, 0.15) is 5.75 Å². The summed E-state index contributed by atoms with van der Waals surface area (Å²) >= 11 is 0. The average Bonchev–Trinajstić information content (AvgIpc) is 3.13. The zero-order chi connectivity index (χ0) is 20.3. The molecule has 0 saturated heterocycles. The Morgan fingerprint density at radius 3 is 2.18 bits per heavy atom. The highest BCUT2D eigenvalue weighted by Gasteiger charge is 2.30. The van der Waals surface area contributed by atoms with Crippen LogP contribution in [0.5, 0.6) is 5.75 Å². The Morgan fingerprint density at radius 1 is 1.04 bits per heavy atom. The van der Waals surface area contributed by atoms with Crippen LogP contribution in [0.3, 0.4) is 0 Å². The van der Waals surface area contributed by atoms with Gasteiger partial charge in [0.25, 0.3) is 5.91 Å². The van der Waals surface area contributed by atoms with Crippen LogP contribution in [0.25, 0.3) is 22.5 Å². The molecule has 1 amide bonds. The number of halogens is 3. The van der Waals surface area contributed by atoms with E-state index in [0.29, 0.717) is 34.8 Å². The Balaban J connectivity index is 2.04. The van der Waals surface area contributed by atoms with E-state index >= 15 is 0 Å². The Hall–Kier alpha value is -3.22. The van der Waals surface area contributed by atoms with Crippen LogP contribution >= 0.6 is 0 Å². The summed E-state index contributed by atoms with van der Waals surface area (Å²) in [5, 5.41) is 2.76. The molecule has 1 aromatic heterocycles. The monoisotopic (exact) mass is 388 g/mol. The second-order valence-electron chi connectivity index (χ2n) is 6.13. The summed E-state index contributed by atoms with van der Waals surface area (Å²) in [4.78, 5) is 15.7. The lowest BCUT2D eigenvalue weighted by Crippen LogP contribution is -2.22. The third-order valence-electron chi connectivity index (χ3n) is 4.30. The number of ether oxygens (including phenoxy) is 1. The third-order valence-corrected chi connectivity index (χ3v) is 4.30. The van der Waals surface area contributed by atoms with Crippen LogP contribution in [0.2, 0.25) is 0 Å². The van der Waals surface area contributed by atoms with E-state index in [2.05, 4.69) is 10.3 Å². The fourth-order valence-electron chi connectivity index (χ4n) is 2.87. The molecule has 3 rings (SSSR count). The minimum atomic E-state index is -4.39. The van der Waals surface area contributed by atoms with Gasteiger partial charge in [0, 0.05) is 12.2 Å². The lowest BCUT2D eigenvalue weighted by atomic mass is 10.1. The van der Waals surface area contributed by atoms with Crippen molar-refractivity contribution in [3.63, 3.8) is 0 Å². The second kappa shape index (κ2) is 7.80. The van der Waals surface area contributed by atoms with Crippen molar-refractivity contribution in [3.05, 3.63) is 65.7 Å². The highest BCUT2D eigenvalue weighted by molar-refractivity contribution is 6.01. The van der Waals surface area contributed by atoms with Crippen LogP contribution in [-0.2, 0) is 6.18 Å². The number of amides is 1. The first-order valence-corrected chi connectivity index (χ1v) is 8.66. The summed E-state index contributed by atoms with van der Waals surface area (Å²) in [6, 6.07) is 13.6. The van der Waals surface area contributed by atoms with Gasteiger partial charge in [0.2, 0.25) is 0 Å². The topological polar surface area (TPSA) is 54.1 Å². The molecule has 28 heavy (non-hydrogen) atoms. The van der Waals surface area contributed by atoms with Gasteiger partial charge in [-0.25, -0.2) is 0 Å². The lowest BCUT2D eigenvalue weighted by molar-refractivity contribution is -0.137. The fourth-order valence-corrected chi connectivity index (χ4v) is 2.87. The molecule has 0 aliphatic rings. The van der Waals surface area contributed by atoms with Crippen molar-refractivity contribution in [1.29, 1.82) is 0 Å². The normalized spacial score (nSPS) is 11.3. The molecule has 0 spiro atoms. The first-order chi connectivity index (χ1) is 13.3. The van der Waals surface area contributed by atoms with Crippen molar-refractivity contribution < 1.29 is 22.7 Å². The first-order valence-electron chi connectivity index (χ1n) is 8.66. The van der Waals surface area contributed by atoms with Gasteiger partial charge in [0.15, 0.2) is 0 Å². The number of aromatic nitrogens is 1. The number of H-pyrrole nitrogens is 1. The maximum Gasteiger partial charge on any atom is 0.416 e. The lowest BCUT2D eigenvalue weighted by Gasteiger charge is -2.07. The van der Waals surface area contributed by atoms with E-state index in [-0.39, 0.29) is 5.91 Å². The Labute approximate surface area is 160 Å². The number of carbonyl (C=O) groups is 1. The molecule has 0 radical (unpaired) electrons. The number of hydrogen-bond donors (Lipinski definition) is 2. The molecule has 0 saturated carbocycles. The van der Waals surface area contributed by atoms with E-state index < -0.39 is 11.7 Å². The number of hydrogen-bond acceptors (Lipinski definition) is 2. The number of nitrogens with one attached hydrogen (secondary N) is 2. The van der Waals surface area contributed by atoms with Crippen LogP contribution in [0.1, 0.15) is 22.8 Å². The average molecular weight is 388 g/mol. The van der Waals surface area contributed by atoms with E-state index in [1.54, 1.807) is 25.3 Å². The summed E-state index contributed by atoms with van der Waals surface area (Å²) in [6.45, 7) is 2.27. The number of rotatable bonds is 5. The minimum absolute atomic E-state index is 0.261. The molecule has 7 heteroatoms. The quantitative estimate of drug-likeness (QED) is 0.637. The van der Waals surface area contributed by atoms with Crippen LogP contribution < -0.4 is 10.1 Å². The number of carbonyl (C=O) groups excluding carboxylic acids is 1. The predicted octanol–water partition coefficient (Wildman–Crippen LogP) is 5.13. The summed E-state index contributed by atoms with van der Waals surface area (Å²) in [5.74, 6) is 0.417. The molecular formula is C21H19F3N2O2. The van der Waals surface area contributed by atoms with Gasteiger partial charge in [-0.05, 0) is 60.5 Å². The zero-order valence-corrected chi connectivity index (χ0v) is 15.4. The summed E-state index contributed by atoms with van der Waals surface area (Å²) in [5.41, 5.74) is 2.16. The SMILES string of the molecule is CCNC(=O)c1cc(-c2ccc(C(F)(F)F)cc2)[nH]c1-c1ccc(OC)cc1. The maximum absolute atomic E-state index is 12.8. The van der Waals surface area contributed by atoms with Crippen molar-refractivity contribution in [2.45, 2.75) is 13.1 Å². The van der Waals surface area contributed by atoms with E-state index in [1.807, 2.05) is 19.1 Å². The molecule has 0 atom stereocenters. The van der Waals surface area contributed by atoms with Crippen molar-refractivity contribution in [2.24, 2.45) is 0 Å². The van der Waals surface area contributed by atoms with Gasteiger partial charge in [-0.2, -0.15) is 13.2 Å². The molecule has 2 aromatic carbocycles. The van der Waals surface area contributed by atoms with Gasteiger partial charge in [-0.1, -0.05) is 12.1 Å². The Bertz CT molecular complexity index is 959. The summed E-state index contributed by atoms with van der Waals surface area (Å²) in [7, 11) is 1.56. The van der Waals surface area contributed by atoms with Gasteiger partial charge >= 0.3 is 6.18 Å². The van der Waals surface area contributed by atoms with Crippen LogP contribution in [0.4, 0.5) is 13.2 Å². The zero-order valence-electron chi connectivity index (χ0n) is 15.4. The largest absolute Gasteiger partial charge is 0.497 e. The first kappa shape index (κ1) is 19.5. The molecular weight excluding hydrogens is 369 g/mol. The Kier molecular flexibility index (Phi) is 5.44. The van der Waals surface area contributed by atoms with Gasteiger partial charge in [-0.15, -0.1) is 0 Å². The van der Waals surface area contributed by atoms with Crippen LogP contribution in [0, 0.1) is 0 Å².